The summed E-state index contributed by atoms with van der Waals surface area (Å²) >= 11 is 6.06. The molecule has 7 heteroatoms. The number of pyridine rings is 2. The molecule has 4 heterocycles. The first kappa shape index (κ1) is 18.8. The van der Waals surface area contributed by atoms with Crippen molar-refractivity contribution in [3.63, 3.8) is 0 Å². The van der Waals surface area contributed by atoms with Gasteiger partial charge in [0, 0.05) is 41.7 Å². The van der Waals surface area contributed by atoms with Crippen LogP contribution in [0.3, 0.4) is 0 Å². The quantitative estimate of drug-likeness (QED) is 0.465. The van der Waals surface area contributed by atoms with Crippen LogP contribution in [0.1, 0.15) is 30.3 Å². The third-order valence-electron chi connectivity index (χ3n) is 5.51. The zero-order valence-electron chi connectivity index (χ0n) is 16.3. The molecule has 1 aromatic carbocycles. The molecule has 1 atom stereocenters. The van der Waals surface area contributed by atoms with Crippen LogP contribution < -0.4 is 0 Å². The average Bonchev–Trinajstić information content (AvgIpc) is 3.21. The van der Waals surface area contributed by atoms with E-state index in [9.17, 15) is 4.79 Å². The first-order valence-corrected chi connectivity index (χ1v) is 10.4. The van der Waals surface area contributed by atoms with Crippen LogP contribution in [0, 0.1) is 0 Å². The highest BCUT2D eigenvalue weighted by atomic mass is 35.5. The molecule has 0 bridgehead atoms. The molecule has 1 fully saturated rings. The molecular formula is C23H20ClN5O. The van der Waals surface area contributed by atoms with Crippen molar-refractivity contribution in [2.75, 3.05) is 13.1 Å². The molecule has 1 aliphatic rings. The number of aromatic nitrogens is 4. The Bertz CT molecular complexity index is 1260. The lowest BCUT2D eigenvalue weighted by molar-refractivity contribution is -0.127. The molecule has 0 saturated carbocycles. The summed E-state index contributed by atoms with van der Waals surface area (Å²) in [5.41, 5.74) is 2.38. The minimum absolute atomic E-state index is 0.0125. The number of likely N-dealkylation sites (tertiary alicyclic amines) is 1. The molecule has 1 saturated heterocycles. The lowest BCUT2D eigenvalue weighted by atomic mass is 9.97. The number of amides is 1. The Balaban J connectivity index is 1.32. The van der Waals surface area contributed by atoms with E-state index < -0.39 is 0 Å². The number of nitrogens with zero attached hydrogens (tertiary/aromatic N) is 5. The lowest BCUT2D eigenvalue weighted by Crippen LogP contribution is -2.38. The molecule has 150 valence electrons. The van der Waals surface area contributed by atoms with Gasteiger partial charge in [-0.25, -0.2) is 4.98 Å². The zero-order valence-corrected chi connectivity index (χ0v) is 17.0. The zero-order chi connectivity index (χ0) is 20.5. The van der Waals surface area contributed by atoms with Crippen LogP contribution in [0.15, 0.2) is 60.8 Å². The van der Waals surface area contributed by atoms with Gasteiger partial charge in [0.2, 0.25) is 5.91 Å². The van der Waals surface area contributed by atoms with Gasteiger partial charge in [-0.2, -0.15) is 0 Å². The van der Waals surface area contributed by atoms with E-state index in [0.29, 0.717) is 11.6 Å². The van der Waals surface area contributed by atoms with Crippen molar-refractivity contribution in [2.24, 2.45) is 0 Å². The van der Waals surface area contributed by atoms with E-state index in [1.165, 1.54) is 0 Å². The van der Waals surface area contributed by atoms with E-state index in [0.717, 1.165) is 47.5 Å². The second-order valence-electron chi connectivity index (χ2n) is 7.52. The Kier molecular flexibility index (Phi) is 4.93. The molecule has 5 rings (SSSR count). The Hall–Kier alpha value is -3.25. The van der Waals surface area contributed by atoms with Crippen LogP contribution >= 0.6 is 11.6 Å². The maximum atomic E-state index is 12.8. The van der Waals surface area contributed by atoms with Gasteiger partial charge in [-0.3, -0.25) is 9.20 Å². The Morgan fingerprint density at radius 1 is 1.13 bits per heavy atom. The van der Waals surface area contributed by atoms with E-state index in [2.05, 4.69) is 15.2 Å². The summed E-state index contributed by atoms with van der Waals surface area (Å²) in [4.78, 5) is 19.3. The molecule has 0 N–H and O–H groups in total. The highest BCUT2D eigenvalue weighted by Gasteiger charge is 2.27. The largest absolute Gasteiger partial charge is 0.338 e. The summed E-state index contributed by atoms with van der Waals surface area (Å²) < 4.78 is 2.01. The maximum absolute atomic E-state index is 12.8. The van der Waals surface area contributed by atoms with Crippen LogP contribution in [0.25, 0.3) is 22.6 Å². The van der Waals surface area contributed by atoms with Crippen molar-refractivity contribution < 1.29 is 4.79 Å². The van der Waals surface area contributed by atoms with Gasteiger partial charge in [-0.05, 0) is 49.2 Å². The molecule has 3 aromatic heterocycles. The smallest absolute Gasteiger partial charge is 0.246 e. The van der Waals surface area contributed by atoms with Gasteiger partial charge in [0.15, 0.2) is 5.65 Å². The SMILES string of the molecule is O=C(C=Cc1ccc2ccc(Cl)cc2n1)N1CCCC(c2nnc3ccccn23)C1. The number of rotatable bonds is 3. The Labute approximate surface area is 178 Å². The summed E-state index contributed by atoms with van der Waals surface area (Å²) in [7, 11) is 0. The van der Waals surface area contributed by atoms with E-state index >= 15 is 0 Å². The molecule has 6 nitrogen and oxygen atoms in total. The van der Waals surface area contributed by atoms with Crippen LogP contribution in [0.4, 0.5) is 0 Å². The van der Waals surface area contributed by atoms with Gasteiger partial charge in [0.1, 0.15) is 5.82 Å². The highest BCUT2D eigenvalue weighted by molar-refractivity contribution is 6.31. The number of fused-ring (bicyclic) bond motifs is 2. The molecular weight excluding hydrogens is 398 g/mol. The molecule has 1 amide bonds. The Morgan fingerprint density at radius 2 is 2.03 bits per heavy atom. The molecule has 0 spiro atoms. The number of hydrogen-bond donors (Lipinski definition) is 0. The van der Waals surface area contributed by atoms with Crippen LogP contribution in [-0.4, -0.2) is 43.5 Å². The average molecular weight is 418 g/mol. The van der Waals surface area contributed by atoms with Gasteiger partial charge in [0.05, 0.1) is 11.2 Å². The van der Waals surface area contributed by atoms with Crippen LogP contribution in [-0.2, 0) is 4.79 Å². The fourth-order valence-corrected chi connectivity index (χ4v) is 4.15. The number of benzene rings is 1. The minimum atomic E-state index is -0.0125. The van der Waals surface area contributed by atoms with E-state index in [-0.39, 0.29) is 11.8 Å². The van der Waals surface area contributed by atoms with Crippen molar-refractivity contribution in [1.29, 1.82) is 0 Å². The standard InChI is InChI=1S/C23H20ClN5O/c24-18-8-6-16-7-9-19(25-20(16)14-18)10-11-22(30)28-12-3-4-17(15-28)23-27-26-21-5-1-2-13-29(21)23/h1-2,5-11,13-14,17H,3-4,12,15H2. The second-order valence-corrected chi connectivity index (χ2v) is 7.95. The van der Waals surface area contributed by atoms with Gasteiger partial charge in [-0.1, -0.05) is 29.8 Å². The Morgan fingerprint density at radius 3 is 2.97 bits per heavy atom. The van der Waals surface area contributed by atoms with Gasteiger partial charge in [0.25, 0.3) is 0 Å². The maximum Gasteiger partial charge on any atom is 0.246 e. The number of carbonyl (C=O) groups is 1. The van der Waals surface area contributed by atoms with E-state index in [1.54, 1.807) is 12.2 Å². The van der Waals surface area contributed by atoms with Crippen molar-refractivity contribution in [1.82, 2.24) is 24.5 Å². The molecule has 4 aromatic rings. The normalized spacial score (nSPS) is 17.2. The highest BCUT2D eigenvalue weighted by Crippen LogP contribution is 2.26. The van der Waals surface area contributed by atoms with Gasteiger partial charge < -0.3 is 4.90 Å². The molecule has 0 radical (unpaired) electrons. The fraction of sp³-hybridized carbons (Fsp3) is 0.217. The predicted octanol–water partition coefficient (Wildman–Crippen LogP) is 4.35. The lowest BCUT2D eigenvalue weighted by Gasteiger charge is -2.31. The van der Waals surface area contributed by atoms with Gasteiger partial charge >= 0.3 is 0 Å². The van der Waals surface area contributed by atoms with Gasteiger partial charge in [-0.15, -0.1) is 10.2 Å². The predicted molar refractivity (Wildman–Crippen MR) is 117 cm³/mol. The fourth-order valence-electron chi connectivity index (χ4n) is 3.99. The van der Waals surface area contributed by atoms with Crippen molar-refractivity contribution >= 4 is 40.1 Å². The topological polar surface area (TPSA) is 63.4 Å². The van der Waals surface area contributed by atoms with Crippen LogP contribution in [0.5, 0.6) is 0 Å². The van der Waals surface area contributed by atoms with Crippen molar-refractivity contribution in [2.45, 2.75) is 18.8 Å². The number of hydrogen-bond acceptors (Lipinski definition) is 4. The minimum Gasteiger partial charge on any atom is -0.338 e. The molecule has 1 unspecified atom stereocenters. The summed E-state index contributed by atoms with van der Waals surface area (Å²) in [5.74, 6) is 1.08. The van der Waals surface area contributed by atoms with Crippen LogP contribution in [0.2, 0.25) is 5.02 Å². The molecule has 1 aliphatic heterocycles. The summed E-state index contributed by atoms with van der Waals surface area (Å²) in [6, 6.07) is 15.4. The second kappa shape index (κ2) is 7.88. The third-order valence-corrected chi connectivity index (χ3v) is 5.75. The third kappa shape index (κ3) is 3.66. The monoisotopic (exact) mass is 417 g/mol. The number of carbonyl (C=O) groups excluding carboxylic acids is 1. The molecule has 0 aliphatic carbocycles. The van der Waals surface area contributed by atoms with Crippen molar-refractivity contribution in [3.05, 3.63) is 77.3 Å². The summed E-state index contributed by atoms with van der Waals surface area (Å²) in [6.07, 6.45) is 7.28. The van der Waals surface area contributed by atoms with Crippen molar-refractivity contribution in [3.8, 4) is 0 Å². The first-order chi connectivity index (χ1) is 14.7. The molecule has 30 heavy (non-hydrogen) atoms. The summed E-state index contributed by atoms with van der Waals surface area (Å²) in [6.45, 7) is 1.39. The van der Waals surface area contributed by atoms with E-state index in [4.69, 9.17) is 11.6 Å². The first-order valence-electron chi connectivity index (χ1n) is 10.0. The summed E-state index contributed by atoms with van der Waals surface area (Å²) in [5, 5.41) is 10.3. The number of halogens is 1. The van der Waals surface area contributed by atoms with E-state index in [1.807, 2.05) is 64.0 Å². The number of piperidine rings is 1.